The van der Waals surface area contributed by atoms with E-state index in [1.54, 1.807) is 0 Å². The van der Waals surface area contributed by atoms with E-state index >= 15 is 0 Å². The van der Waals surface area contributed by atoms with Crippen molar-refractivity contribution in [3.8, 4) is 11.3 Å². The van der Waals surface area contributed by atoms with E-state index in [0.29, 0.717) is 11.9 Å². The summed E-state index contributed by atoms with van der Waals surface area (Å²) in [5.41, 5.74) is -0.0230. The minimum absolute atomic E-state index is 0.0224. The van der Waals surface area contributed by atoms with Gasteiger partial charge in [-0.1, -0.05) is 25.4 Å². The summed E-state index contributed by atoms with van der Waals surface area (Å²) in [5, 5.41) is 0.123. The van der Waals surface area contributed by atoms with Gasteiger partial charge in [0.15, 0.2) is 11.6 Å². The first kappa shape index (κ1) is 13.8. The van der Waals surface area contributed by atoms with Crippen LogP contribution in [0.3, 0.4) is 0 Å². The molecule has 0 aliphatic rings. The molecule has 0 atom stereocenters. The first-order valence-corrected chi connectivity index (χ1v) is 5.95. The summed E-state index contributed by atoms with van der Waals surface area (Å²) in [6.07, 6.45) is 0. The number of halogens is 4. The second kappa shape index (κ2) is 5.17. The predicted molar refractivity (Wildman–Crippen MR) is 66.4 cm³/mol. The Hall–Kier alpha value is -1.62. The number of rotatable bonds is 2. The summed E-state index contributed by atoms with van der Waals surface area (Å²) in [6.45, 7) is 3.69. The number of hydrogen-bond acceptors (Lipinski definition) is 2. The monoisotopic (exact) mass is 286 g/mol. The van der Waals surface area contributed by atoms with Crippen LogP contribution in [0.5, 0.6) is 0 Å². The molecular formula is C13H10ClF3N2. The molecule has 19 heavy (non-hydrogen) atoms. The van der Waals surface area contributed by atoms with Crippen molar-refractivity contribution >= 4 is 11.6 Å². The van der Waals surface area contributed by atoms with Crippen molar-refractivity contribution in [2.24, 2.45) is 0 Å². The smallest absolute Gasteiger partial charge is 0.161 e. The Morgan fingerprint density at radius 3 is 2.21 bits per heavy atom. The molecule has 0 unspecified atom stereocenters. The van der Waals surface area contributed by atoms with Gasteiger partial charge in [-0.2, -0.15) is 0 Å². The van der Waals surface area contributed by atoms with Crippen LogP contribution in [0.25, 0.3) is 11.3 Å². The Morgan fingerprint density at radius 1 is 0.947 bits per heavy atom. The summed E-state index contributed by atoms with van der Waals surface area (Å²) in [7, 11) is 0. The standard InChI is InChI=1S/C13H10ClF3N2/c1-6(2)13-18-11(5-12(14)19-13)7-3-9(16)10(17)4-8(7)15/h3-6H,1-2H3. The van der Waals surface area contributed by atoms with Gasteiger partial charge in [0.1, 0.15) is 16.8 Å². The van der Waals surface area contributed by atoms with Gasteiger partial charge in [0.25, 0.3) is 0 Å². The van der Waals surface area contributed by atoms with Crippen LogP contribution < -0.4 is 0 Å². The van der Waals surface area contributed by atoms with Crippen molar-refractivity contribution in [3.05, 3.63) is 46.6 Å². The summed E-state index contributed by atoms with van der Waals surface area (Å²) in [6, 6.07) is 2.55. The van der Waals surface area contributed by atoms with Gasteiger partial charge in [-0.25, -0.2) is 23.1 Å². The van der Waals surface area contributed by atoms with Crippen LogP contribution in [0, 0.1) is 17.5 Å². The molecule has 0 radical (unpaired) electrons. The highest BCUT2D eigenvalue weighted by molar-refractivity contribution is 6.29. The van der Waals surface area contributed by atoms with Gasteiger partial charge < -0.3 is 0 Å². The molecule has 2 aromatic rings. The quantitative estimate of drug-likeness (QED) is 0.606. The van der Waals surface area contributed by atoms with Gasteiger partial charge >= 0.3 is 0 Å². The van der Waals surface area contributed by atoms with Gasteiger partial charge in [0.2, 0.25) is 0 Å². The van der Waals surface area contributed by atoms with Crippen LogP contribution in [0.1, 0.15) is 25.6 Å². The molecule has 0 aliphatic heterocycles. The minimum Gasteiger partial charge on any atom is -0.232 e. The molecule has 0 saturated carbocycles. The maximum Gasteiger partial charge on any atom is 0.161 e. The highest BCUT2D eigenvalue weighted by Gasteiger charge is 2.15. The van der Waals surface area contributed by atoms with E-state index in [1.807, 2.05) is 13.8 Å². The summed E-state index contributed by atoms with van der Waals surface area (Å²) in [5.74, 6) is -2.90. The van der Waals surface area contributed by atoms with E-state index in [0.717, 1.165) is 6.07 Å². The number of nitrogens with zero attached hydrogens (tertiary/aromatic N) is 2. The van der Waals surface area contributed by atoms with Crippen molar-refractivity contribution in [1.82, 2.24) is 9.97 Å². The Labute approximate surface area is 113 Å². The van der Waals surface area contributed by atoms with Gasteiger partial charge in [-0.3, -0.25) is 0 Å². The fraction of sp³-hybridized carbons (Fsp3) is 0.231. The molecule has 2 nitrogen and oxygen atoms in total. The van der Waals surface area contributed by atoms with Crippen molar-refractivity contribution in [2.45, 2.75) is 19.8 Å². The van der Waals surface area contributed by atoms with Crippen molar-refractivity contribution in [2.75, 3.05) is 0 Å². The number of hydrogen-bond donors (Lipinski definition) is 0. The molecular weight excluding hydrogens is 277 g/mol. The zero-order valence-electron chi connectivity index (χ0n) is 10.2. The molecule has 1 aromatic heterocycles. The van der Waals surface area contributed by atoms with E-state index < -0.39 is 17.5 Å². The fourth-order valence-corrected chi connectivity index (χ4v) is 1.74. The zero-order chi connectivity index (χ0) is 14.2. The maximum atomic E-state index is 13.7. The van der Waals surface area contributed by atoms with Crippen molar-refractivity contribution < 1.29 is 13.2 Å². The molecule has 0 amide bonds. The second-order valence-electron chi connectivity index (χ2n) is 4.33. The highest BCUT2D eigenvalue weighted by atomic mass is 35.5. The van der Waals surface area contributed by atoms with E-state index in [2.05, 4.69) is 9.97 Å². The molecule has 0 bridgehead atoms. The largest absolute Gasteiger partial charge is 0.232 e. The first-order valence-electron chi connectivity index (χ1n) is 5.58. The first-order chi connectivity index (χ1) is 8.88. The third kappa shape index (κ3) is 2.87. The van der Waals surface area contributed by atoms with Crippen LogP contribution in [-0.2, 0) is 0 Å². The van der Waals surface area contributed by atoms with Crippen LogP contribution in [0.2, 0.25) is 5.15 Å². The van der Waals surface area contributed by atoms with Crippen LogP contribution in [0.4, 0.5) is 13.2 Å². The third-order valence-corrected chi connectivity index (χ3v) is 2.71. The van der Waals surface area contributed by atoms with Gasteiger partial charge in [-0.05, 0) is 6.07 Å². The summed E-state index contributed by atoms with van der Waals surface area (Å²) >= 11 is 5.83. The van der Waals surface area contributed by atoms with E-state index in [4.69, 9.17) is 11.6 Å². The lowest BCUT2D eigenvalue weighted by atomic mass is 10.1. The van der Waals surface area contributed by atoms with Gasteiger partial charge in [0.05, 0.1) is 5.69 Å². The van der Waals surface area contributed by atoms with Gasteiger partial charge in [0, 0.05) is 23.6 Å². The Bertz CT molecular complexity index is 630. The van der Waals surface area contributed by atoms with E-state index in [-0.39, 0.29) is 22.3 Å². The number of benzene rings is 1. The van der Waals surface area contributed by atoms with Crippen molar-refractivity contribution in [3.63, 3.8) is 0 Å². The highest BCUT2D eigenvalue weighted by Crippen LogP contribution is 2.26. The second-order valence-corrected chi connectivity index (χ2v) is 4.72. The maximum absolute atomic E-state index is 13.7. The lowest BCUT2D eigenvalue weighted by Gasteiger charge is -2.08. The van der Waals surface area contributed by atoms with Crippen LogP contribution in [0.15, 0.2) is 18.2 Å². The summed E-state index contributed by atoms with van der Waals surface area (Å²) in [4.78, 5) is 8.10. The Balaban J connectivity index is 2.62. The van der Waals surface area contributed by atoms with Crippen LogP contribution >= 0.6 is 11.6 Å². The fourth-order valence-electron chi connectivity index (χ4n) is 1.55. The SMILES string of the molecule is CC(C)c1nc(Cl)cc(-c2cc(F)c(F)cc2F)n1. The molecule has 1 aromatic carbocycles. The molecule has 0 N–H and O–H groups in total. The molecule has 0 saturated heterocycles. The Morgan fingerprint density at radius 2 is 1.58 bits per heavy atom. The molecule has 100 valence electrons. The predicted octanol–water partition coefficient (Wildman–Crippen LogP) is 4.34. The topological polar surface area (TPSA) is 25.8 Å². The molecule has 0 spiro atoms. The lowest BCUT2D eigenvalue weighted by Crippen LogP contribution is -2.01. The minimum atomic E-state index is -1.24. The zero-order valence-corrected chi connectivity index (χ0v) is 11.0. The van der Waals surface area contributed by atoms with Crippen molar-refractivity contribution in [1.29, 1.82) is 0 Å². The Kier molecular flexibility index (Phi) is 3.75. The van der Waals surface area contributed by atoms with E-state index in [1.165, 1.54) is 6.07 Å². The number of aromatic nitrogens is 2. The van der Waals surface area contributed by atoms with E-state index in [9.17, 15) is 13.2 Å². The lowest BCUT2D eigenvalue weighted by molar-refractivity contribution is 0.496. The molecule has 6 heteroatoms. The average molecular weight is 287 g/mol. The van der Waals surface area contributed by atoms with Gasteiger partial charge in [-0.15, -0.1) is 0 Å². The summed E-state index contributed by atoms with van der Waals surface area (Å²) < 4.78 is 39.7. The average Bonchev–Trinajstić information content (AvgIpc) is 2.33. The normalized spacial score (nSPS) is 11.1. The molecule has 0 aliphatic carbocycles. The third-order valence-electron chi connectivity index (χ3n) is 2.51. The molecule has 1 heterocycles. The molecule has 0 fully saturated rings. The molecule has 2 rings (SSSR count). The van der Waals surface area contributed by atoms with Crippen LogP contribution in [-0.4, -0.2) is 9.97 Å².